The summed E-state index contributed by atoms with van der Waals surface area (Å²) in [5.74, 6) is -0.911. The predicted molar refractivity (Wildman–Crippen MR) is 85.9 cm³/mol. The first kappa shape index (κ1) is 16.5. The maximum Gasteiger partial charge on any atom is 0.337 e. The molecule has 0 fully saturated rings. The van der Waals surface area contributed by atoms with Crippen molar-refractivity contribution in [2.75, 3.05) is 24.3 Å². The summed E-state index contributed by atoms with van der Waals surface area (Å²) in [7, 11) is 1.33. The molecule has 5 nitrogen and oxygen atoms in total. The van der Waals surface area contributed by atoms with E-state index in [0.717, 1.165) is 5.69 Å². The van der Waals surface area contributed by atoms with Gasteiger partial charge in [-0.3, -0.25) is 4.79 Å². The van der Waals surface area contributed by atoms with E-state index in [0.29, 0.717) is 17.8 Å². The van der Waals surface area contributed by atoms with Crippen LogP contribution < -0.4 is 10.6 Å². The Morgan fingerprint density at radius 2 is 1.61 bits per heavy atom. The fourth-order valence-corrected chi connectivity index (χ4v) is 1.92. The molecule has 0 aliphatic heterocycles. The van der Waals surface area contributed by atoms with Crippen LogP contribution in [0.4, 0.5) is 15.8 Å². The Labute approximate surface area is 133 Å². The van der Waals surface area contributed by atoms with E-state index < -0.39 is 5.97 Å². The molecule has 0 radical (unpaired) electrons. The van der Waals surface area contributed by atoms with Crippen molar-refractivity contribution >= 4 is 23.3 Å². The number of methoxy groups -OCH3 is 1. The van der Waals surface area contributed by atoms with Gasteiger partial charge in [-0.05, 0) is 48.5 Å². The van der Waals surface area contributed by atoms with Crippen molar-refractivity contribution in [3.63, 3.8) is 0 Å². The fraction of sp³-hybridized carbons (Fsp3) is 0.176. The second kappa shape index (κ2) is 7.93. The third-order valence-corrected chi connectivity index (χ3v) is 3.12. The average Bonchev–Trinajstić information content (AvgIpc) is 2.57. The summed E-state index contributed by atoms with van der Waals surface area (Å²) >= 11 is 0. The first-order chi connectivity index (χ1) is 11.1. The van der Waals surface area contributed by atoms with Crippen LogP contribution in [0.1, 0.15) is 16.8 Å². The molecule has 23 heavy (non-hydrogen) atoms. The second-order valence-corrected chi connectivity index (χ2v) is 4.80. The lowest BCUT2D eigenvalue weighted by molar-refractivity contribution is -0.115. The number of benzene rings is 2. The SMILES string of the molecule is COC(=O)c1ccc(NCCC(=O)Nc2ccc(F)cc2)cc1. The van der Waals surface area contributed by atoms with Gasteiger partial charge in [-0.25, -0.2) is 9.18 Å². The van der Waals surface area contributed by atoms with Crippen molar-refractivity contribution < 1.29 is 18.7 Å². The summed E-state index contributed by atoms with van der Waals surface area (Å²) < 4.78 is 17.4. The van der Waals surface area contributed by atoms with Gasteiger partial charge in [0.15, 0.2) is 0 Å². The minimum Gasteiger partial charge on any atom is -0.465 e. The van der Waals surface area contributed by atoms with Crippen LogP contribution in [-0.4, -0.2) is 25.5 Å². The standard InChI is InChI=1S/C17H17FN2O3/c1-23-17(22)12-2-6-14(7-3-12)19-11-10-16(21)20-15-8-4-13(18)5-9-15/h2-9,19H,10-11H2,1H3,(H,20,21). The van der Waals surface area contributed by atoms with Gasteiger partial charge in [-0.1, -0.05) is 0 Å². The monoisotopic (exact) mass is 316 g/mol. The number of anilines is 2. The Hall–Kier alpha value is -2.89. The van der Waals surface area contributed by atoms with Gasteiger partial charge in [0.2, 0.25) is 5.91 Å². The second-order valence-electron chi connectivity index (χ2n) is 4.80. The van der Waals surface area contributed by atoms with Gasteiger partial charge in [-0.2, -0.15) is 0 Å². The highest BCUT2D eigenvalue weighted by atomic mass is 19.1. The smallest absolute Gasteiger partial charge is 0.337 e. The van der Waals surface area contributed by atoms with E-state index in [2.05, 4.69) is 15.4 Å². The van der Waals surface area contributed by atoms with Gasteiger partial charge >= 0.3 is 5.97 Å². The topological polar surface area (TPSA) is 67.4 Å². The van der Waals surface area contributed by atoms with E-state index in [4.69, 9.17) is 0 Å². The summed E-state index contributed by atoms with van der Waals surface area (Å²) in [5.41, 5.74) is 1.82. The number of nitrogens with one attached hydrogen (secondary N) is 2. The van der Waals surface area contributed by atoms with Crippen molar-refractivity contribution in [1.29, 1.82) is 0 Å². The number of esters is 1. The van der Waals surface area contributed by atoms with E-state index in [1.165, 1.54) is 31.4 Å². The van der Waals surface area contributed by atoms with Crippen LogP contribution in [0.5, 0.6) is 0 Å². The molecule has 120 valence electrons. The molecule has 0 unspecified atom stereocenters. The molecule has 0 saturated heterocycles. The Bertz CT molecular complexity index is 669. The molecular weight excluding hydrogens is 299 g/mol. The number of halogens is 1. The zero-order valence-electron chi connectivity index (χ0n) is 12.6. The molecule has 6 heteroatoms. The van der Waals surface area contributed by atoms with Crippen molar-refractivity contribution in [2.45, 2.75) is 6.42 Å². The quantitative estimate of drug-likeness (QED) is 0.804. The van der Waals surface area contributed by atoms with Gasteiger partial charge < -0.3 is 15.4 Å². The van der Waals surface area contributed by atoms with Crippen LogP contribution in [0, 0.1) is 5.82 Å². The van der Waals surface area contributed by atoms with Crippen LogP contribution in [-0.2, 0) is 9.53 Å². The summed E-state index contributed by atoms with van der Waals surface area (Å²) in [5, 5.41) is 5.76. The van der Waals surface area contributed by atoms with Gasteiger partial charge in [0.1, 0.15) is 5.82 Å². The summed E-state index contributed by atoms with van der Waals surface area (Å²) in [6.45, 7) is 0.435. The van der Waals surface area contributed by atoms with Gasteiger partial charge in [0.25, 0.3) is 0 Å². The van der Waals surface area contributed by atoms with Crippen molar-refractivity contribution in [3.05, 3.63) is 59.9 Å². The highest BCUT2D eigenvalue weighted by molar-refractivity contribution is 5.91. The minimum absolute atomic E-state index is 0.171. The average molecular weight is 316 g/mol. The van der Waals surface area contributed by atoms with Crippen LogP contribution in [0.15, 0.2) is 48.5 Å². The lowest BCUT2D eigenvalue weighted by atomic mass is 10.2. The van der Waals surface area contributed by atoms with Gasteiger partial charge in [-0.15, -0.1) is 0 Å². The van der Waals surface area contributed by atoms with E-state index in [1.54, 1.807) is 24.3 Å². The Morgan fingerprint density at radius 3 is 2.22 bits per heavy atom. The molecule has 2 N–H and O–H groups in total. The first-order valence-electron chi connectivity index (χ1n) is 7.06. The van der Waals surface area contributed by atoms with Gasteiger partial charge in [0.05, 0.1) is 12.7 Å². The molecular formula is C17H17FN2O3. The van der Waals surface area contributed by atoms with E-state index in [-0.39, 0.29) is 18.1 Å². The lowest BCUT2D eigenvalue weighted by Gasteiger charge is -2.08. The van der Waals surface area contributed by atoms with Crippen LogP contribution in [0.25, 0.3) is 0 Å². The zero-order chi connectivity index (χ0) is 16.7. The molecule has 0 heterocycles. The van der Waals surface area contributed by atoms with Crippen molar-refractivity contribution in [3.8, 4) is 0 Å². The third kappa shape index (κ3) is 5.10. The number of rotatable bonds is 6. The lowest BCUT2D eigenvalue weighted by Crippen LogP contribution is -2.16. The summed E-state index contributed by atoms with van der Waals surface area (Å²) in [4.78, 5) is 23.1. The summed E-state index contributed by atoms with van der Waals surface area (Å²) in [6.07, 6.45) is 0.260. The molecule has 2 aromatic carbocycles. The maximum absolute atomic E-state index is 12.8. The minimum atomic E-state index is -0.393. The number of hydrogen-bond donors (Lipinski definition) is 2. The fourth-order valence-electron chi connectivity index (χ4n) is 1.92. The highest BCUT2D eigenvalue weighted by Crippen LogP contribution is 2.11. The molecule has 0 saturated carbocycles. The first-order valence-corrected chi connectivity index (χ1v) is 7.06. The van der Waals surface area contributed by atoms with E-state index in [9.17, 15) is 14.0 Å². The largest absolute Gasteiger partial charge is 0.465 e. The molecule has 2 aromatic rings. The molecule has 1 amide bonds. The molecule has 0 bridgehead atoms. The van der Waals surface area contributed by atoms with Crippen molar-refractivity contribution in [1.82, 2.24) is 0 Å². The molecule has 0 aliphatic rings. The molecule has 0 spiro atoms. The Balaban J connectivity index is 1.77. The highest BCUT2D eigenvalue weighted by Gasteiger charge is 2.05. The number of carbonyl (C=O) groups is 2. The summed E-state index contributed by atoms with van der Waals surface area (Å²) in [6, 6.07) is 12.4. The van der Waals surface area contributed by atoms with Crippen LogP contribution in [0.3, 0.4) is 0 Å². The number of ether oxygens (including phenoxy) is 1. The van der Waals surface area contributed by atoms with E-state index >= 15 is 0 Å². The maximum atomic E-state index is 12.8. The number of hydrogen-bond acceptors (Lipinski definition) is 4. The van der Waals surface area contributed by atoms with Crippen LogP contribution in [0.2, 0.25) is 0 Å². The third-order valence-electron chi connectivity index (χ3n) is 3.12. The van der Waals surface area contributed by atoms with E-state index in [1.807, 2.05) is 0 Å². The zero-order valence-corrected chi connectivity index (χ0v) is 12.6. The predicted octanol–water partition coefficient (Wildman–Crippen LogP) is 3.05. The molecule has 0 atom stereocenters. The number of carbonyl (C=O) groups excluding carboxylic acids is 2. The number of amides is 1. The molecule has 0 aromatic heterocycles. The normalized spacial score (nSPS) is 10.0. The Morgan fingerprint density at radius 1 is 1.00 bits per heavy atom. The van der Waals surface area contributed by atoms with Crippen LogP contribution >= 0.6 is 0 Å². The molecule has 0 aliphatic carbocycles. The van der Waals surface area contributed by atoms with Gasteiger partial charge in [0, 0.05) is 24.3 Å². The van der Waals surface area contributed by atoms with Crippen molar-refractivity contribution in [2.24, 2.45) is 0 Å². The Kier molecular flexibility index (Phi) is 5.68. The molecule has 2 rings (SSSR count).